The molecule has 0 bridgehead atoms. The lowest BCUT2D eigenvalue weighted by atomic mass is 9.89. The number of hydrogen-bond acceptors (Lipinski definition) is 3. The minimum atomic E-state index is -0.359. The fraction of sp³-hybridized carbons (Fsp3) is 0.786. The number of allylic oxidation sites excluding steroid dienone is 1. The third kappa shape index (κ3) is 4.50. The second kappa shape index (κ2) is 7.49. The second-order valence-electron chi connectivity index (χ2n) is 4.60. The van der Waals surface area contributed by atoms with Crippen LogP contribution in [0.3, 0.4) is 0 Å². The highest BCUT2D eigenvalue weighted by Gasteiger charge is 2.27. The Labute approximate surface area is 104 Å². The van der Waals surface area contributed by atoms with Gasteiger partial charge < -0.3 is 9.47 Å². The Hall–Kier alpha value is -0.830. The van der Waals surface area contributed by atoms with Crippen LogP contribution in [0.1, 0.15) is 52.9 Å². The molecule has 0 aromatic carbocycles. The van der Waals surface area contributed by atoms with Crippen molar-refractivity contribution < 1.29 is 14.3 Å². The van der Waals surface area contributed by atoms with Crippen molar-refractivity contribution in [2.45, 2.75) is 59.2 Å². The van der Waals surface area contributed by atoms with Crippen LogP contribution in [0.2, 0.25) is 0 Å². The summed E-state index contributed by atoms with van der Waals surface area (Å²) in [4.78, 5) is 11.7. The summed E-state index contributed by atoms with van der Waals surface area (Å²) in [5.74, 6) is 0.119. The summed E-state index contributed by atoms with van der Waals surface area (Å²) < 4.78 is 11.0. The van der Waals surface area contributed by atoms with E-state index in [1.807, 2.05) is 13.8 Å². The molecule has 0 aromatic heterocycles. The van der Waals surface area contributed by atoms with Crippen LogP contribution in [0.25, 0.3) is 0 Å². The number of rotatable bonds is 5. The monoisotopic (exact) mass is 240 g/mol. The topological polar surface area (TPSA) is 35.5 Å². The van der Waals surface area contributed by atoms with Gasteiger partial charge in [-0.15, -0.1) is 0 Å². The Bertz CT molecular complexity index is 265. The van der Waals surface area contributed by atoms with Crippen molar-refractivity contribution in [3.63, 3.8) is 0 Å². The Morgan fingerprint density at radius 1 is 1.35 bits per heavy atom. The highest BCUT2D eigenvalue weighted by molar-refractivity contribution is 5.87. The van der Waals surface area contributed by atoms with E-state index in [9.17, 15) is 4.79 Å². The van der Waals surface area contributed by atoms with Crippen LogP contribution in [-0.2, 0) is 14.3 Å². The summed E-state index contributed by atoms with van der Waals surface area (Å²) in [5, 5.41) is 0. The molecule has 0 spiro atoms. The molecule has 3 nitrogen and oxygen atoms in total. The highest BCUT2D eigenvalue weighted by atomic mass is 16.7. The third-order valence-corrected chi connectivity index (χ3v) is 3.34. The first kappa shape index (κ1) is 14.2. The lowest BCUT2D eigenvalue weighted by Crippen LogP contribution is -2.31. The SMILES string of the molecule is CC=C(C)C(=O)OC(OCC)C1CCCCC1. The Kier molecular flexibility index (Phi) is 6.27. The summed E-state index contributed by atoms with van der Waals surface area (Å²) >= 11 is 0. The van der Waals surface area contributed by atoms with E-state index in [2.05, 4.69) is 0 Å². The van der Waals surface area contributed by atoms with Gasteiger partial charge in [-0.2, -0.15) is 0 Å². The molecule has 0 radical (unpaired) electrons. The van der Waals surface area contributed by atoms with Crippen LogP contribution >= 0.6 is 0 Å². The summed E-state index contributed by atoms with van der Waals surface area (Å²) in [6, 6.07) is 0. The van der Waals surface area contributed by atoms with Crippen molar-refractivity contribution in [2.75, 3.05) is 6.61 Å². The predicted octanol–water partition coefficient (Wildman–Crippen LogP) is 3.44. The van der Waals surface area contributed by atoms with Crippen molar-refractivity contribution in [3.8, 4) is 0 Å². The molecule has 1 unspecified atom stereocenters. The quantitative estimate of drug-likeness (QED) is 0.419. The highest BCUT2D eigenvalue weighted by Crippen LogP contribution is 2.29. The van der Waals surface area contributed by atoms with Crippen molar-refractivity contribution >= 4 is 5.97 Å². The first-order valence-corrected chi connectivity index (χ1v) is 6.64. The average molecular weight is 240 g/mol. The number of esters is 1. The van der Waals surface area contributed by atoms with E-state index in [0.29, 0.717) is 18.1 Å². The van der Waals surface area contributed by atoms with Crippen LogP contribution in [0.5, 0.6) is 0 Å². The normalized spacial score (nSPS) is 20.1. The Morgan fingerprint density at radius 3 is 2.53 bits per heavy atom. The molecular weight excluding hydrogens is 216 g/mol. The molecule has 0 aromatic rings. The maximum atomic E-state index is 11.7. The zero-order chi connectivity index (χ0) is 12.7. The van der Waals surface area contributed by atoms with Gasteiger partial charge in [-0.05, 0) is 33.6 Å². The summed E-state index contributed by atoms with van der Waals surface area (Å²) in [6.07, 6.45) is 7.34. The molecule has 1 aliphatic carbocycles. The van der Waals surface area contributed by atoms with Crippen LogP contribution in [-0.4, -0.2) is 18.9 Å². The van der Waals surface area contributed by atoms with E-state index in [4.69, 9.17) is 9.47 Å². The van der Waals surface area contributed by atoms with Gasteiger partial charge in [0.1, 0.15) is 0 Å². The van der Waals surface area contributed by atoms with E-state index in [1.165, 1.54) is 19.3 Å². The Balaban J connectivity index is 2.55. The van der Waals surface area contributed by atoms with Gasteiger partial charge >= 0.3 is 5.97 Å². The van der Waals surface area contributed by atoms with E-state index in [1.54, 1.807) is 13.0 Å². The first-order valence-electron chi connectivity index (χ1n) is 6.64. The fourth-order valence-electron chi connectivity index (χ4n) is 2.15. The molecule has 0 aliphatic heterocycles. The second-order valence-corrected chi connectivity index (χ2v) is 4.60. The smallest absolute Gasteiger partial charge is 0.335 e. The number of ether oxygens (including phenoxy) is 2. The van der Waals surface area contributed by atoms with Crippen LogP contribution in [0.15, 0.2) is 11.6 Å². The van der Waals surface area contributed by atoms with Crippen molar-refractivity contribution in [1.29, 1.82) is 0 Å². The maximum absolute atomic E-state index is 11.7. The van der Waals surface area contributed by atoms with Crippen LogP contribution in [0, 0.1) is 5.92 Å². The molecule has 0 heterocycles. The molecular formula is C14H24O3. The Morgan fingerprint density at radius 2 is 2.00 bits per heavy atom. The third-order valence-electron chi connectivity index (χ3n) is 3.34. The molecule has 98 valence electrons. The standard InChI is InChI=1S/C14H24O3/c1-4-11(3)13(15)17-14(16-5-2)12-9-7-6-8-10-12/h4,12,14H,5-10H2,1-3H3. The molecule has 17 heavy (non-hydrogen) atoms. The largest absolute Gasteiger partial charge is 0.432 e. The van der Waals surface area contributed by atoms with Gasteiger partial charge in [0, 0.05) is 18.1 Å². The molecule has 0 N–H and O–H groups in total. The van der Waals surface area contributed by atoms with Crippen LogP contribution in [0.4, 0.5) is 0 Å². The minimum absolute atomic E-state index is 0.253. The van der Waals surface area contributed by atoms with Gasteiger partial charge in [0.15, 0.2) is 0 Å². The van der Waals surface area contributed by atoms with Gasteiger partial charge in [-0.3, -0.25) is 0 Å². The van der Waals surface area contributed by atoms with Gasteiger partial charge in [-0.25, -0.2) is 4.79 Å². The van der Waals surface area contributed by atoms with E-state index in [0.717, 1.165) is 12.8 Å². The van der Waals surface area contributed by atoms with Crippen molar-refractivity contribution in [3.05, 3.63) is 11.6 Å². The lowest BCUT2D eigenvalue weighted by molar-refractivity contribution is -0.189. The first-order chi connectivity index (χ1) is 8.19. The van der Waals surface area contributed by atoms with Gasteiger partial charge in [0.05, 0.1) is 0 Å². The predicted molar refractivity (Wildman–Crippen MR) is 67.5 cm³/mol. The van der Waals surface area contributed by atoms with Crippen molar-refractivity contribution in [2.24, 2.45) is 5.92 Å². The van der Waals surface area contributed by atoms with E-state index in [-0.39, 0.29) is 12.3 Å². The molecule has 3 heteroatoms. The molecule has 1 saturated carbocycles. The molecule has 0 amide bonds. The molecule has 1 aliphatic rings. The molecule has 1 fully saturated rings. The number of carbonyl (C=O) groups excluding carboxylic acids is 1. The minimum Gasteiger partial charge on any atom is -0.432 e. The van der Waals surface area contributed by atoms with Crippen molar-refractivity contribution in [1.82, 2.24) is 0 Å². The molecule has 1 atom stereocenters. The average Bonchev–Trinajstić information content (AvgIpc) is 2.38. The summed E-state index contributed by atoms with van der Waals surface area (Å²) in [6.45, 7) is 6.13. The van der Waals surface area contributed by atoms with E-state index < -0.39 is 0 Å². The lowest BCUT2D eigenvalue weighted by Gasteiger charge is -2.29. The fourth-order valence-corrected chi connectivity index (χ4v) is 2.15. The molecule has 1 rings (SSSR count). The maximum Gasteiger partial charge on any atom is 0.335 e. The zero-order valence-electron chi connectivity index (χ0n) is 11.2. The van der Waals surface area contributed by atoms with Gasteiger partial charge in [0.2, 0.25) is 6.29 Å². The number of carbonyl (C=O) groups is 1. The van der Waals surface area contributed by atoms with Crippen LogP contribution < -0.4 is 0 Å². The summed E-state index contributed by atoms with van der Waals surface area (Å²) in [5.41, 5.74) is 0.644. The van der Waals surface area contributed by atoms with Gasteiger partial charge in [0.25, 0.3) is 0 Å². The molecule has 0 saturated heterocycles. The number of hydrogen-bond donors (Lipinski definition) is 0. The van der Waals surface area contributed by atoms with Gasteiger partial charge in [-0.1, -0.05) is 25.3 Å². The van der Waals surface area contributed by atoms with E-state index >= 15 is 0 Å². The zero-order valence-corrected chi connectivity index (χ0v) is 11.2. The summed E-state index contributed by atoms with van der Waals surface area (Å²) in [7, 11) is 0.